The van der Waals surface area contributed by atoms with Crippen molar-refractivity contribution >= 4 is 11.8 Å². The monoisotopic (exact) mass is 275 g/mol. The zero-order chi connectivity index (χ0) is 14.2. The van der Waals surface area contributed by atoms with Crippen molar-refractivity contribution in [2.45, 2.75) is 0 Å². The molecule has 0 fully saturated rings. The Balaban J connectivity index is 1.69. The number of hydrogen-bond donors (Lipinski definition) is 1. The molecule has 0 saturated carbocycles. The van der Waals surface area contributed by atoms with Crippen LogP contribution in [0.3, 0.4) is 0 Å². The number of hydrogen-bond acceptors (Lipinski definition) is 3. The zero-order valence-corrected chi connectivity index (χ0v) is 10.7. The van der Waals surface area contributed by atoms with E-state index in [0.717, 1.165) is 0 Å². The summed E-state index contributed by atoms with van der Waals surface area (Å²) in [5.74, 6) is 0.190. The minimum absolute atomic E-state index is 0.0786. The van der Waals surface area contributed by atoms with E-state index in [1.807, 2.05) is 18.2 Å². The van der Waals surface area contributed by atoms with Crippen LogP contribution in [-0.2, 0) is 4.74 Å². The summed E-state index contributed by atoms with van der Waals surface area (Å²) in [6, 6.07) is 15.1. The van der Waals surface area contributed by atoms with Crippen LogP contribution in [0.5, 0.6) is 5.75 Å². The van der Waals surface area contributed by atoms with Crippen LogP contribution in [0.4, 0.5) is 14.9 Å². The predicted octanol–water partition coefficient (Wildman–Crippen LogP) is 3.45. The van der Waals surface area contributed by atoms with Gasteiger partial charge in [-0.2, -0.15) is 0 Å². The van der Waals surface area contributed by atoms with Gasteiger partial charge < -0.3 is 9.47 Å². The molecular formula is C15H14FNO3. The van der Waals surface area contributed by atoms with E-state index in [0.29, 0.717) is 5.75 Å². The van der Waals surface area contributed by atoms with E-state index in [9.17, 15) is 9.18 Å². The molecule has 104 valence electrons. The van der Waals surface area contributed by atoms with Crippen LogP contribution in [-0.4, -0.2) is 19.3 Å². The fourth-order valence-corrected chi connectivity index (χ4v) is 1.52. The minimum Gasteiger partial charge on any atom is -0.490 e. The molecule has 20 heavy (non-hydrogen) atoms. The molecule has 5 heteroatoms. The third-order valence-corrected chi connectivity index (χ3v) is 2.44. The van der Waals surface area contributed by atoms with Crippen LogP contribution in [0.1, 0.15) is 0 Å². The van der Waals surface area contributed by atoms with Gasteiger partial charge in [-0.15, -0.1) is 0 Å². The number of benzene rings is 2. The van der Waals surface area contributed by atoms with Gasteiger partial charge in [0.05, 0.1) is 5.69 Å². The lowest BCUT2D eigenvalue weighted by atomic mass is 10.3. The topological polar surface area (TPSA) is 47.6 Å². The van der Waals surface area contributed by atoms with E-state index >= 15 is 0 Å². The van der Waals surface area contributed by atoms with Gasteiger partial charge in [0.2, 0.25) is 0 Å². The summed E-state index contributed by atoms with van der Waals surface area (Å²) in [5, 5.41) is 2.32. The van der Waals surface area contributed by atoms with E-state index in [4.69, 9.17) is 9.47 Å². The number of rotatable bonds is 5. The molecule has 1 amide bonds. The number of para-hydroxylation sites is 2. The number of amides is 1. The lowest BCUT2D eigenvalue weighted by molar-refractivity contribution is 0.137. The summed E-state index contributed by atoms with van der Waals surface area (Å²) in [6.45, 7) is 0.309. The lowest BCUT2D eigenvalue weighted by Gasteiger charge is -2.08. The quantitative estimate of drug-likeness (QED) is 0.850. The Morgan fingerprint density at radius 1 is 1.00 bits per heavy atom. The highest BCUT2D eigenvalue weighted by Crippen LogP contribution is 2.12. The summed E-state index contributed by atoms with van der Waals surface area (Å²) in [6.07, 6.45) is -0.716. The average Bonchev–Trinajstić information content (AvgIpc) is 2.47. The first-order valence-corrected chi connectivity index (χ1v) is 6.12. The molecule has 0 aliphatic rings. The Labute approximate surface area is 116 Å². The molecule has 0 unspecified atom stereocenters. The van der Waals surface area contributed by atoms with Crippen molar-refractivity contribution in [1.29, 1.82) is 0 Å². The molecule has 0 aromatic heterocycles. The molecule has 1 N–H and O–H groups in total. The Hall–Kier alpha value is -2.56. The maximum atomic E-state index is 13.3. The molecule has 2 rings (SSSR count). The average molecular weight is 275 g/mol. The van der Waals surface area contributed by atoms with E-state index in [-0.39, 0.29) is 18.9 Å². The summed E-state index contributed by atoms with van der Waals surface area (Å²) in [7, 11) is 0. The predicted molar refractivity (Wildman–Crippen MR) is 73.3 cm³/mol. The van der Waals surface area contributed by atoms with Gasteiger partial charge in [0, 0.05) is 0 Å². The van der Waals surface area contributed by atoms with Gasteiger partial charge in [-0.3, -0.25) is 5.32 Å². The highest BCUT2D eigenvalue weighted by molar-refractivity contribution is 5.84. The van der Waals surface area contributed by atoms with Crippen molar-refractivity contribution < 1.29 is 18.7 Å². The summed E-state index contributed by atoms with van der Waals surface area (Å²) in [4.78, 5) is 11.4. The van der Waals surface area contributed by atoms with Crippen LogP contribution in [0.25, 0.3) is 0 Å². The third kappa shape index (κ3) is 4.28. The Kier molecular flexibility index (Phi) is 4.94. The van der Waals surface area contributed by atoms with Crippen molar-refractivity contribution in [2.24, 2.45) is 0 Å². The van der Waals surface area contributed by atoms with Gasteiger partial charge in [0.25, 0.3) is 0 Å². The van der Waals surface area contributed by atoms with E-state index in [1.165, 1.54) is 12.1 Å². The molecular weight excluding hydrogens is 261 g/mol. The molecule has 2 aromatic carbocycles. The number of ether oxygens (including phenoxy) is 2. The second kappa shape index (κ2) is 7.13. The number of carbonyl (C=O) groups excluding carboxylic acids is 1. The highest BCUT2D eigenvalue weighted by Gasteiger charge is 2.06. The third-order valence-electron chi connectivity index (χ3n) is 2.44. The number of anilines is 1. The molecule has 0 aliphatic heterocycles. The first-order chi connectivity index (χ1) is 9.75. The maximum absolute atomic E-state index is 13.3. The number of carbonyl (C=O) groups is 1. The lowest BCUT2D eigenvalue weighted by Crippen LogP contribution is -2.18. The Morgan fingerprint density at radius 2 is 1.70 bits per heavy atom. The first-order valence-electron chi connectivity index (χ1n) is 6.12. The molecule has 0 spiro atoms. The van der Waals surface area contributed by atoms with Crippen LogP contribution >= 0.6 is 0 Å². The SMILES string of the molecule is O=C(Nc1ccccc1F)OCCOc1ccccc1. The van der Waals surface area contributed by atoms with Gasteiger partial charge in [-0.25, -0.2) is 9.18 Å². The Morgan fingerprint density at radius 3 is 2.45 bits per heavy atom. The van der Waals surface area contributed by atoms with Crippen molar-refractivity contribution in [2.75, 3.05) is 18.5 Å². The molecule has 4 nitrogen and oxygen atoms in total. The smallest absolute Gasteiger partial charge is 0.411 e. The summed E-state index contributed by atoms with van der Waals surface area (Å²) >= 11 is 0. The second-order valence-electron chi connectivity index (χ2n) is 3.90. The van der Waals surface area contributed by atoms with Crippen molar-refractivity contribution in [3.05, 3.63) is 60.4 Å². The highest BCUT2D eigenvalue weighted by atomic mass is 19.1. The summed E-state index contributed by atoms with van der Waals surface area (Å²) < 4.78 is 23.5. The molecule has 0 saturated heterocycles. The number of nitrogens with one attached hydrogen (secondary N) is 1. The van der Waals surface area contributed by atoms with Gasteiger partial charge >= 0.3 is 6.09 Å². The van der Waals surface area contributed by atoms with Crippen molar-refractivity contribution in [3.8, 4) is 5.75 Å². The van der Waals surface area contributed by atoms with E-state index < -0.39 is 11.9 Å². The van der Waals surface area contributed by atoms with Crippen molar-refractivity contribution in [3.63, 3.8) is 0 Å². The van der Waals surface area contributed by atoms with Gasteiger partial charge in [0.1, 0.15) is 24.8 Å². The van der Waals surface area contributed by atoms with E-state index in [1.54, 1.807) is 24.3 Å². The zero-order valence-electron chi connectivity index (χ0n) is 10.7. The fourth-order valence-electron chi connectivity index (χ4n) is 1.52. The molecule has 0 bridgehead atoms. The van der Waals surface area contributed by atoms with Gasteiger partial charge in [-0.1, -0.05) is 30.3 Å². The van der Waals surface area contributed by atoms with Crippen LogP contribution in [0.2, 0.25) is 0 Å². The fraction of sp³-hybridized carbons (Fsp3) is 0.133. The standard InChI is InChI=1S/C15H14FNO3/c16-13-8-4-5-9-14(13)17-15(18)20-11-10-19-12-6-2-1-3-7-12/h1-9H,10-11H2,(H,17,18). The normalized spacial score (nSPS) is 9.85. The minimum atomic E-state index is -0.716. The van der Waals surface area contributed by atoms with Crippen LogP contribution < -0.4 is 10.1 Å². The van der Waals surface area contributed by atoms with Crippen LogP contribution in [0.15, 0.2) is 54.6 Å². The molecule has 0 heterocycles. The van der Waals surface area contributed by atoms with E-state index in [2.05, 4.69) is 5.32 Å². The largest absolute Gasteiger partial charge is 0.490 e. The van der Waals surface area contributed by atoms with Crippen molar-refractivity contribution in [1.82, 2.24) is 0 Å². The van der Waals surface area contributed by atoms with Crippen LogP contribution in [0, 0.1) is 5.82 Å². The summed E-state index contributed by atoms with van der Waals surface area (Å²) in [5.41, 5.74) is 0.0847. The Bertz CT molecular complexity index is 560. The molecule has 0 atom stereocenters. The molecule has 2 aromatic rings. The molecule has 0 radical (unpaired) electrons. The second-order valence-corrected chi connectivity index (χ2v) is 3.90. The maximum Gasteiger partial charge on any atom is 0.411 e. The first kappa shape index (κ1) is 13.9. The molecule has 0 aliphatic carbocycles. The van der Waals surface area contributed by atoms with Gasteiger partial charge in [-0.05, 0) is 24.3 Å². The van der Waals surface area contributed by atoms with Gasteiger partial charge in [0.15, 0.2) is 0 Å². The number of halogens is 1.